The van der Waals surface area contributed by atoms with Gasteiger partial charge in [0.25, 0.3) is 0 Å². The molecule has 0 fully saturated rings. The smallest absolute Gasteiger partial charge is 0.413 e. The summed E-state index contributed by atoms with van der Waals surface area (Å²) in [5.41, 5.74) is 1.65. The first-order valence-corrected chi connectivity index (χ1v) is 7.60. The summed E-state index contributed by atoms with van der Waals surface area (Å²) in [6.45, 7) is 1.93. The van der Waals surface area contributed by atoms with Crippen molar-refractivity contribution in [2.45, 2.75) is 19.4 Å². The zero-order chi connectivity index (χ0) is 15.9. The van der Waals surface area contributed by atoms with Gasteiger partial charge in [-0.2, -0.15) is 0 Å². The fourth-order valence-corrected chi connectivity index (χ4v) is 2.56. The van der Waals surface area contributed by atoms with Crippen LogP contribution in [0.4, 0.5) is 9.93 Å². The van der Waals surface area contributed by atoms with Crippen molar-refractivity contribution >= 4 is 28.5 Å². The van der Waals surface area contributed by atoms with Gasteiger partial charge in [-0.1, -0.05) is 30.3 Å². The Labute approximate surface area is 132 Å². The van der Waals surface area contributed by atoms with Crippen LogP contribution in [0.5, 0.6) is 0 Å². The molecule has 0 saturated heterocycles. The number of carbonyl (C=O) groups is 2. The van der Waals surface area contributed by atoms with Crippen LogP contribution in [0.3, 0.4) is 0 Å². The first kappa shape index (κ1) is 16.0. The second kappa shape index (κ2) is 7.56. The van der Waals surface area contributed by atoms with Crippen LogP contribution < -0.4 is 10.6 Å². The van der Waals surface area contributed by atoms with E-state index in [2.05, 4.69) is 20.4 Å². The first-order valence-electron chi connectivity index (χ1n) is 6.72. The summed E-state index contributed by atoms with van der Waals surface area (Å²) in [5.74, 6) is -0.119. The highest BCUT2D eigenvalue weighted by Gasteiger charge is 2.12. The van der Waals surface area contributed by atoms with Gasteiger partial charge in [0.05, 0.1) is 25.3 Å². The normalized spacial score (nSPS) is 11.5. The Balaban J connectivity index is 1.88. The summed E-state index contributed by atoms with van der Waals surface area (Å²) >= 11 is 1.25. The Morgan fingerprint density at radius 1 is 1.32 bits per heavy atom. The van der Waals surface area contributed by atoms with Gasteiger partial charge in [-0.15, -0.1) is 11.3 Å². The second-order valence-electron chi connectivity index (χ2n) is 4.64. The summed E-state index contributed by atoms with van der Waals surface area (Å²) in [7, 11) is 1.28. The van der Waals surface area contributed by atoms with E-state index in [4.69, 9.17) is 0 Å². The number of benzene rings is 1. The topological polar surface area (TPSA) is 80.3 Å². The maximum atomic E-state index is 12.0. The highest BCUT2D eigenvalue weighted by molar-refractivity contribution is 7.13. The Morgan fingerprint density at radius 3 is 2.73 bits per heavy atom. The number of nitrogens with zero attached hydrogens (tertiary/aromatic N) is 1. The van der Waals surface area contributed by atoms with Crippen molar-refractivity contribution in [3.05, 3.63) is 47.0 Å². The highest BCUT2D eigenvalue weighted by Crippen LogP contribution is 2.16. The van der Waals surface area contributed by atoms with Crippen molar-refractivity contribution in [2.75, 3.05) is 12.4 Å². The summed E-state index contributed by atoms with van der Waals surface area (Å²) in [5, 5.41) is 7.53. The molecule has 0 bridgehead atoms. The Morgan fingerprint density at radius 2 is 2.05 bits per heavy atom. The molecule has 0 radical (unpaired) electrons. The van der Waals surface area contributed by atoms with Gasteiger partial charge in [0.2, 0.25) is 5.91 Å². The third-order valence-corrected chi connectivity index (χ3v) is 3.77. The molecule has 7 heteroatoms. The molecule has 1 aromatic carbocycles. The lowest BCUT2D eigenvalue weighted by molar-refractivity contribution is -0.121. The summed E-state index contributed by atoms with van der Waals surface area (Å²) in [6.07, 6.45) is -0.417. The number of amides is 2. The quantitative estimate of drug-likeness (QED) is 0.888. The standard InChI is InChI=1S/C15H17N3O3S/c1-10(11-6-4-3-5-7-11)16-13(19)8-12-9-22-14(17-12)18-15(20)21-2/h3-7,9-10H,8H2,1-2H3,(H,16,19)(H,17,18,20). The van der Waals surface area contributed by atoms with E-state index in [1.54, 1.807) is 5.38 Å². The van der Waals surface area contributed by atoms with E-state index in [0.29, 0.717) is 10.8 Å². The molecule has 1 unspecified atom stereocenters. The minimum Gasteiger partial charge on any atom is -0.453 e. The lowest BCUT2D eigenvalue weighted by atomic mass is 10.1. The van der Waals surface area contributed by atoms with Gasteiger partial charge in [0.1, 0.15) is 0 Å². The molecule has 2 amide bonds. The third-order valence-electron chi connectivity index (χ3n) is 2.96. The average Bonchev–Trinajstić information content (AvgIpc) is 2.94. The molecule has 6 nitrogen and oxygen atoms in total. The number of methoxy groups -OCH3 is 1. The number of nitrogens with one attached hydrogen (secondary N) is 2. The predicted octanol–water partition coefficient (Wildman–Crippen LogP) is 2.74. The molecule has 1 aromatic heterocycles. The van der Waals surface area contributed by atoms with Gasteiger partial charge in [0, 0.05) is 5.38 Å². The van der Waals surface area contributed by atoms with Crippen molar-refractivity contribution in [2.24, 2.45) is 0 Å². The van der Waals surface area contributed by atoms with E-state index >= 15 is 0 Å². The molecule has 1 atom stereocenters. The summed E-state index contributed by atoms with van der Waals surface area (Å²) in [6, 6.07) is 9.66. The molecule has 1 heterocycles. The Kier molecular flexibility index (Phi) is 5.48. The summed E-state index contributed by atoms with van der Waals surface area (Å²) in [4.78, 5) is 27.3. The molecule has 2 N–H and O–H groups in total. The minimum atomic E-state index is -0.581. The molecule has 0 aliphatic rings. The maximum Gasteiger partial charge on any atom is 0.413 e. The fraction of sp³-hybridized carbons (Fsp3) is 0.267. The first-order chi connectivity index (χ1) is 10.6. The number of ether oxygens (including phenoxy) is 1. The lowest BCUT2D eigenvalue weighted by Crippen LogP contribution is -2.28. The van der Waals surface area contributed by atoms with E-state index in [-0.39, 0.29) is 18.4 Å². The van der Waals surface area contributed by atoms with Gasteiger partial charge in [0.15, 0.2) is 5.13 Å². The number of hydrogen-bond acceptors (Lipinski definition) is 5. The highest BCUT2D eigenvalue weighted by atomic mass is 32.1. The van der Waals surface area contributed by atoms with Crippen molar-refractivity contribution in [1.29, 1.82) is 0 Å². The zero-order valence-corrected chi connectivity index (χ0v) is 13.1. The summed E-state index contributed by atoms with van der Waals surface area (Å²) < 4.78 is 4.48. The Hall–Kier alpha value is -2.41. The van der Waals surface area contributed by atoms with Crippen LogP contribution in [-0.4, -0.2) is 24.1 Å². The number of thiazole rings is 1. The van der Waals surface area contributed by atoms with Crippen LogP contribution in [-0.2, 0) is 16.0 Å². The molecule has 22 heavy (non-hydrogen) atoms. The number of hydrogen-bond donors (Lipinski definition) is 2. The van der Waals surface area contributed by atoms with Crippen molar-refractivity contribution in [3.63, 3.8) is 0 Å². The third kappa shape index (κ3) is 4.56. The lowest BCUT2D eigenvalue weighted by Gasteiger charge is -2.13. The van der Waals surface area contributed by atoms with Crippen LogP contribution in [0, 0.1) is 0 Å². The van der Waals surface area contributed by atoms with Gasteiger partial charge < -0.3 is 10.1 Å². The van der Waals surface area contributed by atoms with Crippen LogP contribution in [0.2, 0.25) is 0 Å². The van der Waals surface area contributed by atoms with Gasteiger partial charge in [-0.25, -0.2) is 9.78 Å². The fourth-order valence-electron chi connectivity index (χ4n) is 1.87. The molecule has 0 aliphatic heterocycles. The Bertz CT molecular complexity index is 642. The largest absolute Gasteiger partial charge is 0.453 e. The van der Waals surface area contributed by atoms with Gasteiger partial charge in [-0.05, 0) is 12.5 Å². The molecule has 2 aromatic rings. The number of carbonyl (C=O) groups excluding carboxylic acids is 2. The SMILES string of the molecule is COC(=O)Nc1nc(CC(=O)NC(C)c2ccccc2)cs1. The number of rotatable bonds is 5. The van der Waals surface area contributed by atoms with Gasteiger partial charge >= 0.3 is 6.09 Å². The van der Waals surface area contributed by atoms with Crippen LogP contribution >= 0.6 is 11.3 Å². The van der Waals surface area contributed by atoms with Crippen LogP contribution in [0.1, 0.15) is 24.2 Å². The maximum absolute atomic E-state index is 12.0. The van der Waals surface area contributed by atoms with Gasteiger partial charge in [-0.3, -0.25) is 10.1 Å². The molecule has 0 spiro atoms. The second-order valence-corrected chi connectivity index (χ2v) is 5.50. The molecular formula is C15H17N3O3S. The molecule has 2 rings (SSSR count). The van der Waals surface area contributed by atoms with Crippen LogP contribution in [0.25, 0.3) is 0 Å². The van der Waals surface area contributed by atoms with Crippen molar-refractivity contribution in [1.82, 2.24) is 10.3 Å². The van der Waals surface area contributed by atoms with Crippen molar-refractivity contribution < 1.29 is 14.3 Å². The molecule has 0 aliphatic carbocycles. The van der Waals surface area contributed by atoms with E-state index in [1.807, 2.05) is 37.3 Å². The minimum absolute atomic E-state index is 0.0694. The molecular weight excluding hydrogens is 302 g/mol. The monoisotopic (exact) mass is 319 g/mol. The van der Waals surface area contributed by atoms with Crippen LogP contribution in [0.15, 0.2) is 35.7 Å². The molecule has 0 saturated carbocycles. The zero-order valence-electron chi connectivity index (χ0n) is 12.3. The number of aromatic nitrogens is 1. The van der Waals surface area contributed by atoms with E-state index in [9.17, 15) is 9.59 Å². The number of anilines is 1. The van der Waals surface area contributed by atoms with Crippen molar-refractivity contribution in [3.8, 4) is 0 Å². The van der Waals surface area contributed by atoms with E-state index in [0.717, 1.165) is 5.56 Å². The molecule has 116 valence electrons. The van der Waals surface area contributed by atoms with E-state index < -0.39 is 6.09 Å². The predicted molar refractivity (Wildman–Crippen MR) is 84.8 cm³/mol. The average molecular weight is 319 g/mol. The van der Waals surface area contributed by atoms with E-state index in [1.165, 1.54) is 18.4 Å².